The Morgan fingerprint density at radius 3 is 2.62 bits per heavy atom. The van der Waals surface area contributed by atoms with Crippen molar-refractivity contribution in [2.45, 2.75) is 19.8 Å². The molecule has 0 saturated heterocycles. The van der Waals surface area contributed by atoms with Crippen molar-refractivity contribution in [2.24, 2.45) is 5.10 Å². The maximum Gasteiger partial charge on any atom is 0.282 e. The van der Waals surface area contributed by atoms with Crippen molar-refractivity contribution in [3.05, 3.63) is 93.0 Å². The van der Waals surface area contributed by atoms with Crippen LogP contribution >= 0.6 is 15.9 Å². The van der Waals surface area contributed by atoms with Gasteiger partial charge in [0.1, 0.15) is 11.6 Å². The molecular formula is C22H18BrFN4O. The highest BCUT2D eigenvalue weighted by molar-refractivity contribution is 9.10. The molecule has 0 radical (unpaired) electrons. The van der Waals surface area contributed by atoms with E-state index in [1.165, 1.54) is 16.8 Å². The summed E-state index contributed by atoms with van der Waals surface area (Å²) < 4.78 is 17.3. The first-order valence-corrected chi connectivity index (χ1v) is 9.93. The average molecular weight is 453 g/mol. The monoisotopic (exact) mass is 452 g/mol. The Morgan fingerprint density at radius 2 is 1.90 bits per heavy atom. The van der Waals surface area contributed by atoms with Gasteiger partial charge in [-0.1, -0.05) is 29.8 Å². The molecule has 0 unspecified atom stereocenters. The van der Waals surface area contributed by atoms with Gasteiger partial charge in [-0.05, 0) is 54.6 Å². The molecule has 146 valence electrons. The largest absolute Gasteiger partial charge is 0.316 e. The van der Waals surface area contributed by atoms with Crippen molar-refractivity contribution < 1.29 is 4.39 Å². The van der Waals surface area contributed by atoms with E-state index in [2.05, 4.69) is 26.0 Å². The molecule has 5 nitrogen and oxygen atoms in total. The second-order valence-corrected chi connectivity index (χ2v) is 7.84. The number of halogens is 2. The highest BCUT2D eigenvalue weighted by Gasteiger charge is 2.14. The molecule has 7 heteroatoms. The van der Waals surface area contributed by atoms with Crippen LogP contribution in [-0.4, -0.2) is 20.4 Å². The number of hydrogen-bond donors (Lipinski definition) is 0. The Morgan fingerprint density at radius 1 is 1.14 bits per heavy atom. The summed E-state index contributed by atoms with van der Waals surface area (Å²) in [5, 5.41) is 4.95. The predicted octanol–water partition coefficient (Wildman–Crippen LogP) is 5.09. The lowest BCUT2D eigenvalue weighted by molar-refractivity contribution is 0.627. The minimum absolute atomic E-state index is 0.0109. The van der Waals surface area contributed by atoms with E-state index in [1.807, 2.05) is 48.9 Å². The third kappa shape index (κ3) is 3.78. The van der Waals surface area contributed by atoms with E-state index < -0.39 is 0 Å². The Hall–Kier alpha value is -3.06. The molecule has 2 aromatic heterocycles. The van der Waals surface area contributed by atoms with Crippen LogP contribution in [0, 0.1) is 5.82 Å². The van der Waals surface area contributed by atoms with E-state index in [9.17, 15) is 9.18 Å². The van der Waals surface area contributed by atoms with Crippen molar-refractivity contribution in [3.8, 4) is 5.69 Å². The maximum absolute atomic E-state index is 13.2. The topological polar surface area (TPSA) is 52.2 Å². The fourth-order valence-corrected chi connectivity index (χ4v) is 3.47. The third-order valence-electron chi connectivity index (χ3n) is 4.54. The van der Waals surface area contributed by atoms with Gasteiger partial charge in [-0.25, -0.2) is 9.37 Å². The zero-order valence-electron chi connectivity index (χ0n) is 15.9. The molecule has 2 aromatic carbocycles. The Balaban J connectivity index is 1.83. The zero-order valence-corrected chi connectivity index (χ0v) is 17.5. The normalized spacial score (nSPS) is 11.8. The van der Waals surface area contributed by atoms with Crippen molar-refractivity contribution >= 4 is 33.0 Å². The first-order chi connectivity index (χ1) is 13.9. The maximum atomic E-state index is 13.2. The summed E-state index contributed by atoms with van der Waals surface area (Å²) >= 11 is 3.41. The molecule has 0 aliphatic heterocycles. The summed E-state index contributed by atoms with van der Waals surface area (Å²) in [6, 6.07) is 15.4. The number of benzene rings is 2. The average Bonchev–Trinajstić information content (AvgIpc) is 3.16. The lowest BCUT2D eigenvalue weighted by Gasteiger charge is -2.12. The van der Waals surface area contributed by atoms with Crippen LogP contribution < -0.4 is 5.56 Å². The number of hydrogen-bond acceptors (Lipinski definition) is 3. The predicted molar refractivity (Wildman–Crippen MR) is 117 cm³/mol. The number of nitrogens with zero attached hydrogens (tertiary/aromatic N) is 4. The van der Waals surface area contributed by atoms with E-state index >= 15 is 0 Å². The molecule has 4 rings (SSSR count). The van der Waals surface area contributed by atoms with Gasteiger partial charge in [0.05, 0.1) is 22.8 Å². The highest BCUT2D eigenvalue weighted by Crippen LogP contribution is 2.19. The van der Waals surface area contributed by atoms with Crippen molar-refractivity contribution in [1.82, 2.24) is 14.2 Å². The molecule has 2 heterocycles. The van der Waals surface area contributed by atoms with Gasteiger partial charge < -0.3 is 4.57 Å². The van der Waals surface area contributed by atoms with Crippen LogP contribution in [0.5, 0.6) is 0 Å². The van der Waals surface area contributed by atoms with Gasteiger partial charge in [-0.15, -0.1) is 0 Å². The SMILES string of the molecule is CC(C)c1nc2ccc(Br)cc2c(=O)n1N=Cc1cccn1-c1ccc(F)cc1. The van der Waals surface area contributed by atoms with Gasteiger partial charge in [0.25, 0.3) is 5.56 Å². The van der Waals surface area contributed by atoms with Gasteiger partial charge in [-0.3, -0.25) is 4.79 Å². The molecule has 0 aliphatic rings. The van der Waals surface area contributed by atoms with Crippen LogP contribution in [0.15, 0.2) is 75.2 Å². The molecule has 0 bridgehead atoms. The van der Waals surface area contributed by atoms with E-state index in [-0.39, 0.29) is 17.3 Å². The Bertz CT molecular complexity index is 1270. The van der Waals surface area contributed by atoms with Crippen molar-refractivity contribution in [1.29, 1.82) is 0 Å². The fraction of sp³-hybridized carbons (Fsp3) is 0.136. The first-order valence-electron chi connectivity index (χ1n) is 9.14. The lowest BCUT2D eigenvalue weighted by atomic mass is 10.2. The second-order valence-electron chi connectivity index (χ2n) is 6.93. The first kappa shape index (κ1) is 19.3. The second kappa shape index (κ2) is 7.75. The molecule has 0 saturated carbocycles. The molecule has 4 aromatic rings. The third-order valence-corrected chi connectivity index (χ3v) is 5.03. The molecular weight excluding hydrogens is 435 g/mol. The van der Waals surface area contributed by atoms with E-state index in [1.54, 1.807) is 24.4 Å². The van der Waals surface area contributed by atoms with Gasteiger partial charge in [0.2, 0.25) is 0 Å². The van der Waals surface area contributed by atoms with Crippen LogP contribution in [0.2, 0.25) is 0 Å². The van der Waals surface area contributed by atoms with E-state index in [0.29, 0.717) is 16.7 Å². The lowest BCUT2D eigenvalue weighted by Crippen LogP contribution is -2.23. The molecule has 0 spiro atoms. The highest BCUT2D eigenvalue weighted by atomic mass is 79.9. The summed E-state index contributed by atoms with van der Waals surface area (Å²) in [5.41, 5.74) is 1.97. The minimum atomic E-state index is -0.294. The van der Waals surface area contributed by atoms with E-state index in [0.717, 1.165) is 15.9 Å². The molecule has 0 fully saturated rings. The molecule has 0 atom stereocenters. The minimum Gasteiger partial charge on any atom is -0.316 e. The standard InChI is InChI=1S/C22H18BrFN4O/c1-14(2)21-26-20-10-5-15(23)12-19(20)22(29)28(21)25-13-18-4-3-11-27(18)17-8-6-16(24)7-9-17/h3-14H,1-2H3. The van der Waals surface area contributed by atoms with Crippen LogP contribution in [0.3, 0.4) is 0 Å². The summed E-state index contributed by atoms with van der Waals surface area (Å²) in [5.74, 6) is 0.301. The summed E-state index contributed by atoms with van der Waals surface area (Å²) in [6.45, 7) is 3.94. The van der Waals surface area contributed by atoms with Crippen LogP contribution in [0.1, 0.15) is 31.3 Å². The van der Waals surface area contributed by atoms with Crippen molar-refractivity contribution in [2.75, 3.05) is 0 Å². The summed E-state index contributed by atoms with van der Waals surface area (Å²) in [6.07, 6.45) is 3.47. The van der Waals surface area contributed by atoms with Gasteiger partial charge in [0, 0.05) is 22.3 Å². The molecule has 0 amide bonds. The van der Waals surface area contributed by atoms with Gasteiger partial charge in [-0.2, -0.15) is 9.78 Å². The van der Waals surface area contributed by atoms with E-state index in [4.69, 9.17) is 0 Å². The smallest absolute Gasteiger partial charge is 0.282 e. The number of rotatable bonds is 4. The van der Waals surface area contributed by atoms with Gasteiger partial charge in [0.15, 0.2) is 0 Å². The van der Waals surface area contributed by atoms with Gasteiger partial charge >= 0.3 is 0 Å². The number of aromatic nitrogens is 3. The summed E-state index contributed by atoms with van der Waals surface area (Å²) in [4.78, 5) is 17.7. The van der Waals surface area contributed by atoms with Crippen LogP contribution in [0.4, 0.5) is 4.39 Å². The molecule has 0 N–H and O–H groups in total. The Labute approximate surface area is 175 Å². The van der Waals surface area contributed by atoms with Crippen molar-refractivity contribution in [3.63, 3.8) is 0 Å². The molecule has 0 aliphatic carbocycles. The van der Waals surface area contributed by atoms with Crippen LogP contribution in [0.25, 0.3) is 16.6 Å². The zero-order chi connectivity index (χ0) is 20.5. The quantitative estimate of drug-likeness (QED) is 0.404. The van der Waals surface area contributed by atoms with Crippen LogP contribution in [-0.2, 0) is 0 Å². The fourth-order valence-electron chi connectivity index (χ4n) is 3.10. The Kier molecular flexibility index (Phi) is 5.15. The molecule has 29 heavy (non-hydrogen) atoms. The summed E-state index contributed by atoms with van der Waals surface area (Å²) in [7, 11) is 0. The number of fused-ring (bicyclic) bond motifs is 1.